The van der Waals surface area contributed by atoms with Crippen molar-refractivity contribution in [2.45, 2.75) is 51.3 Å². The summed E-state index contributed by atoms with van der Waals surface area (Å²) in [5, 5.41) is 13.0. The van der Waals surface area contributed by atoms with Gasteiger partial charge >= 0.3 is 0 Å². The molecule has 0 aromatic heterocycles. The lowest BCUT2D eigenvalue weighted by atomic mass is 10.1. The number of halogens is 1. The highest BCUT2D eigenvalue weighted by Gasteiger charge is 2.24. The van der Waals surface area contributed by atoms with Gasteiger partial charge in [-0.3, -0.25) is 0 Å². The molecule has 3 atom stereocenters. The molecule has 3 unspecified atom stereocenters. The summed E-state index contributed by atoms with van der Waals surface area (Å²) in [6.07, 6.45) is 2.86. The standard InChI is InChI=1S/C14H20BrNO/c1-9(8-10(2)17)16-14-7-6-11-12(14)4-3-5-13(11)15/h3-5,9-10,14,16-17H,6-8H2,1-2H3. The molecule has 1 aliphatic rings. The number of benzene rings is 1. The van der Waals surface area contributed by atoms with Crippen molar-refractivity contribution in [2.75, 3.05) is 0 Å². The maximum absolute atomic E-state index is 9.39. The predicted molar refractivity (Wildman–Crippen MR) is 74.1 cm³/mol. The molecule has 0 radical (unpaired) electrons. The number of nitrogens with one attached hydrogen (secondary N) is 1. The molecule has 0 saturated carbocycles. The van der Waals surface area contributed by atoms with Gasteiger partial charge in [0.25, 0.3) is 0 Å². The zero-order chi connectivity index (χ0) is 12.4. The van der Waals surface area contributed by atoms with E-state index in [9.17, 15) is 5.11 Å². The Morgan fingerprint density at radius 2 is 2.24 bits per heavy atom. The predicted octanol–water partition coefficient (Wildman–Crippen LogP) is 3.19. The zero-order valence-corrected chi connectivity index (χ0v) is 12.0. The highest BCUT2D eigenvalue weighted by atomic mass is 79.9. The number of aliphatic hydroxyl groups excluding tert-OH is 1. The Balaban J connectivity index is 2.05. The first-order chi connectivity index (χ1) is 8.08. The van der Waals surface area contributed by atoms with E-state index in [2.05, 4.69) is 46.4 Å². The van der Waals surface area contributed by atoms with Crippen LogP contribution in [0.2, 0.25) is 0 Å². The minimum absolute atomic E-state index is 0.235. The third kappa shape index (κ3) is 3.09. The first-order valence-electron chi connectivity index (χ1n) is 6.29. The fourth-order valence-corrected chi connectivity index (χ4v) is 3.29. The molecule has 0 bridgehead atoms. The number of hydrogen-bond acceptors (Lipinski definition) is 2. The van der Waals surface area contributed by atoms with Crippen LogP contribution in [0, 0.1) is 0 Å². The Kier molecular flexibility index (Phi) is 4.23. The molecule has 0 heterocycles. The second kappa shape index (κ2) is 5.51. The van der Waals surface area contributed by atoms with E-state index in [-0.39, 0.29) is 6.10 Å². The number of hydrogen-bond donors (Lipinski definition) is 2. The van der Waals surface area contributed by atoms with Crippen molar-refractivity contribution in [3.63, 3.8) is 0 Å². The van der Waals surface area contributed by atoms with Crippen LogP contribution in [0.4, 0.5) is 0 Å². The normalized spacial score (nSPS) is 22.2. The largest absolute Gasteiger partial charge is 0.393 e. The minimum Gasteiger partial charge on any atom is -0.393 e. The Hall–Kier alpha value is -0.380. The summed E-state index contributed by atoms with van der Waals surface area (Å²) < 4.78 is 1.22. The average molecular weight is 298 g/mol. The van der Waals surface area contributed by atoms with Crippen LogP contribution < -0.4 is 5.32 Å². The molecule has 0 fully saturated rings. The summed E-state index contributed by atoms with van der Waals surface area (Å²) >= 11 is 3.61. The van der Waals surface area contributed by atoms with Crippen LogP contribution in [0.5, 0.6) is 0 Å². The molecular formula is C14H20BrNO. The van der Waals surface area contributed by atoms with Crippen molar-refractivity contribution >= 4 is 15.9 Å². The first kappa shape index (κ1) is 13.1. The van der Waals surface area contributed by atoms with E-state index in [1.807, 2.05) is 6.92 Å². The molecule has 0 aliphatic heterocycles. The molecule has 94 valence electrons. The fourth-order valence-electron chi connectivity index (χ4n) is 2.71. The average Bonchev–Trinajstić information content (AvgIpc) is 2.62. The molecule has 1 aliphatic carbocycles. The van der Waals surface area contributed by atoms with E-state index in [4.69, 9.17) is 0 Å². The highest BCUT2D eigenvalue weighted by molar-refractivity contribution is 9.10. The smallest absolute Gasteiger partial charge is 0.0526 e. The van der Waals surface area contributed by atoms with Gasteiger partial charge in [0, 0.05) is 16.6 Å². The van der Waals surface area contributed by atoms with Crippen molar-refractivity contribution in [3.8, 4) is 0 Å². The molecule has 1 aromatic carbocycles. The molecule has 0 amide bonds. The maximum atomic E-state index is 9.39. The third-order valence-electron chi connectivity index (χ3n) is 3.39. The van der Waals surface area contributed by atoms with Crippen molar-refractivity contribution in [3.05, 3.63) is 33.8 Å². The second-order valence-electron chi connectivity index (χ2n) is 5.05. The summed E-state index contributed by atoms with van der Waals surface area (Å²) in [6, 6.07) is 7.21. The summed E-state index contributed by atoms with van der Waals surface area (Å²) in [5.74, 6) is 0. The van der Waals surface area contributed by atoms with Gasteiger partial charge in [0.2, 0.25) is 0 Å². The summed E-state index contributed by atoms with van der Waals surface area (Å²) in [7, 11) is 0. The summed E-state index contributed by atoms with van der Waals surface area (Å²) in [4.78, 5) is 0. The molecular weight excluding hydrogens is 278 g/mol. The Labute approximate surface area is 112 Å². The summed E-state index contributed by atoms with van der Waals surface area (Å²) in [5.41, 5.74) is 2.85. The Morgan fingerprint density at radius 1 is 1.47 bits per heavy atom. The fraction of sp³-hybridized carbons (Fsp3) is 0.571. The van der Waals surface area contributed by atoms with Crippen LogP contribution in [-0.4, -0.2) is 17.3 Å². The van der Waals surface area contributed by atoms with Gasteiger partial charge in [-0.2, -0.15) is 0 Å². The maximum Gasteiger partial charge on any atom is 0.0526 e. The van der Waals surface area contributed by atoms with Crippen LogP contribution in [0.25, 0.3) is 0 Å². The van der Waals surface area contributed by atoms with Gasteiger partial charge in [0.1, 0.15) is 0 Å². The first-order valence-corrected chi connectivity index (χ1v) is 7.08. The second-order valence-corrected chi connectivity index (χ2v) is 5.91. The van der Waals surface area contributed by atoms with Crippen molar-refractivity contribution in [2.24, 2.45) is 0 Å². The summed E-state index contributed by atoms with van der Waals surface area (Å²) in [6.45, 7) is 3.99. The SMILES string of the molecule is CC(O)CC(C)NC1CCc2c(Br)cccc21. The van der Waals surface area contributed by atoms with Crippen molar-refractivity contribution < 1.29 is 5.11 Å². The molecule has 3 heteroatoms. The minimum atomic E-state index is -0.235. The number of rotatable bonds is 4. The number of fused-ring (bicyclic) bond motifs is 1. The van der Waals surface area contributed by atoms with Crippen LogP contribution in [0.15, 0.2) is 22.7 Å². The molecule has 1 aromatic rings. The van der Waals surface area contributed by atoms with E-state index in [0.717, 1.165) is 19.3 Å². The molecule has 17 heavy (non-hydrogen) atoms. The van der Waals surface area contributed by atoms with E-state index in [0.29, 0.717) is 12.1 Å². The topological polar surface area (TPSA) is 32.3 Å². The van der Waals surface area contributed by atoms with Crippen LogP contribution in [-0.2, 0) is 6.42 Å². The van der Waals surface area contributed by atoms with Crippen LogP contribution >= 0.6 is 15.9 Å². The Bertz CT molecular complexity index is 392. The van der Waals surface area contributed by atoms with Crippen molar-refractivity contribution in [1.82, 2.24) is 5.32 Å². The molecule has 0 spiro atoms. The van der Waals surface area contributed by atoms with Gasteiger partial charge in [-0.05, 0) is 50.3 Å². The van der Waals surface area contributed by atoms with Gasteiger partial charge in [0.15, 0.2) is 0 Å². The van der Waals surface area contributed by atoms with E-state index < -0.39 is 0 Å². The van der Waals surface area contributed by atoms with E-state index in [1.54, 1.807) is 0 Å². The Morgan fingerprint density at radius 3 is 2.94 bits per heavy atom. The van der Waals surface area contributed by atoms with E-state index in [1.165, 1.54) is 15.6 Å². The van der Waals surface area contributed by atoms with Gasteiger partial charge < -0.3 is 10.4 Å². The third-order valence-corrected chi connectivity index (χ3v) is 4.14. The lowest BCUT2D eigenvalue weighted by Crippen LogP contribution is -2.31. The van der Waals surface area contributed by atoms with Crippen LogP contribution in [0.3, 0.4) is 0 Å². The van der Waals surface area contributed by atoms with Gasteiger partial charge in [-0.25, -0.2) is 0 Å². The highest BCUT2D eigenvalue weighted by Crippen LogP contribution is 2.35. The van der Waals surface area contributed by atoms with Gasteiger partial charge in [-0.15, -0.1) is 0 Å². The lowest BCUT2D eigenvalue weighted by Gasteiger charge is -2.21. The number of aliphatic hydroxyl groups is 1. The van der Waals surface area contributed by atoms with Gasteiger partial charge in [0.05, 0.1) is 6.10 Å². The molecule has 0 saturated heterocycles. The molecule has 2 rings (SSSR count). The monoisotopic (exact) mass is 297 g/mol. The molecule has 2 N–H and O–H groups in total. The van der Waals surface area contributed by atoms with Gasteiger partial charge in [-0.1, -0.05) is 28.1 Å². The van der Waals surface area contributed by atoms with E-state index >= 15 is 0 Å². The lowest BCUT2D eigenvalue weighted by molar-refractivity contribution is 0.168. The van der Waals surface area contributed by atoms with Crippen LogP contribution in [0.1, 0.15) is 43.9 Å². The zero-order valence-electron chi connectivity index (χ0n) is 10.4. The molecule has 2 nitrogen and oxygen atoms in total. The van der Waals surface area contributed by atoms with Crippen molar-refractivity contribution in [1.29, 1.82) is 0 Å². The quantitative estimate of drug-likeness (QED) is 0.895.